The molecular weight excluding hydrogens is 246 g/mol. The molecule has 0 aliphatic heterocycles. The third kappa shape index (κ3) is 6.24. The highest BCUT2D eigenvalue weighted by Gasteiger charge is 2.17. The minimum Gasteiger partial charge on any atom is -0.405 e. The zero-order valence-corrected chi connectivity index (χ0v) is 12.1. The van der Waals surface area contributed by atoms with Crippen LogP contribution in [-0.4, -0.2) is 19.3 Å². The van der Waals surface area contributed by atoms with E-state index in [2.05, 4.69) is 0 Å². The Hall–Kier alpha value is -0.765. The third-order valence-corrected chi connectivity index (χ3v) is 2.38. The molecule has 4 heteroatoms. The second-order valence-corrected chi connectivity index (χ2v) is 5.09. The van der Waals surface area contributed by atoms with Gasteiger partial charge in [-0.25, -0.2) is 0 Å². The van der Waals surface area contributed by atoms with E-state index in [1.54, 1.807) is 0 Å². The van der Waals surface area contributed by atoms with Crippen LogP contribution >= 0.6 is 11.6 Å². The molecule has 1 aromatic rings. The van der Waals surface area contributed by atoms with Gasteiger partial charge < -0.3 is 9.31 Å². The zero-order chi connectivity index (χ0) is 13.5. The molecule has 2 nitrogen and oxygen atoms in total. The molecule has 0 bridgehead atoms. The van der Waals surface area contributed by atoms with Crippen molar-refractivity contribution in [1.82, 2.24) is 0 Å². The molecule has 1 aromatic carbocycles. The van der Waals surface area contributed by atoms with Gasteiger partial charge in [0.05, 0.1) is 0 Å². The Kier molecular flexibility index (Phi) is 6.48. The fraction of sp³-hybridized carbons (Fsp3) is 0.429. The SMILES string of the molecule is CC(C)OB(/C=C/c1ccc(Cl)cc1)OC(C)C. The molecule has 0 unspecified atom stereocenters. The first kappa shape index (κ1) is 15.3. The number of benzene rings is 1. The van der Waals surface area contributed by atoms with Crippen LogP contribution in [0.2, 0.25) is 5.02 Å². The number of hydrogen-bond acceptors (Lipinski definition) is 2. The maximum Gasteiger partial charge on any atom is 0.486 e. The van der Waals surface area contributed by atoms with Gasteiger partial charge in [0.15, 0.2) is 0 Å². The standard InChI is InChI=1S/C14H20BClO2/c1-11(2)17-15(18-12(3)4)10-9-13-5-7-14(16)8-6-13/h5-12H,1-4H3/b10-9+. The molecule has 0 saturated carbocycles. The van der Waals surface area contributed by atoms with Crippen molar-refractivity contribution in [2.45, 2.75) is 39.9 Å². The van der Waals surface area contributed by atoms with Crippen LogP contribution in [0.5, 0.6) is 0 Å². The average molecular weight is 267 g/mol. The molecule has 18 heavy (non-hydrogen) atoms. The van der Waals surface area contributed by atoms with Crippen molar-refractivity contribution in [3.05, 3.63) is 40.8 Å². The summed E-state index contributed by atoms with van der Waals surface area (Å²) in [6, 6.07) is 7.65. The largest absolute Gasteiger partial charge is 0.486 e. The second-order valence-electron chi connectivity index (χ2n) is 4.65. The third-order valence-electron chi connectivity index (χ3n) is 2.13. The van der Waals surface area contributed by atoms with E-state index in [9.17, 15) is 0 Å². The summed E-state index contributed by atoms with van der Waals surface area (Å²) in [5, 5.41) is 0.737. The molecule has 0 amide bonds. The monoisotopic (exact) mass is 266 g/mol. The van der Waals surface area contributed by atoms with E-state index < -0.39 is 0 Å². The number of halogens is 1. The van der Waals surface area contributed by atoms with E-state index in [0.717, 1.165) is 10.6 Å². The van der Waals surface area contributed by atoms with Crippen molar-refractivity contribution in [3.8, 4) is 0 Å². The molecule has 0 N–H and O–H groups in total. The van der Waals surface area contributed by atoms with Crippen LogP contribution < -0.4 is 0 Å². The van der Waals surface area contributed by atoms with Crippen molar-refractivity contribution >= 4 is 24.8 Å². The average Bonchev–Trinajstić information content (AvgIpc) is 2.26. The number of rotatable bonds is 6. The van der Waals surface area contributed by atoms with Crippen molar-refractivity contribution in [2.24, 2.45) is 0 Å². The Labute approximate surface area is 115 Å². The van der Waals surface area contributed by atoms with E-state index in [0.29, 0.717) is 0 Å². The van der Waals surface area contributed by atoms with Gasteiger partial charge in [0.1, 0.15) is 0 Å². The highest BCUT2D eigenvalue weighted by atomic mass is 35.5. The van der Waals surface area contributed by atoms with E-state index >= 15 is 0 Å². The minimum absolute atomic E-state index is 0.128. The molecule has 0 aliphatic rings. The van der Waals surface area contributed by atoms with Gasteiger partial charge in [-0.1, -0.05) is 35.8 Å². The molecular formula is C14H20BClO2. The predicted molar refractivity (Wildman–Crippen MR) is 78.7 cm³/mol. The molecule has 0 heterocycles. The smallest absolute Gasteiger partial charge is 0.405 e. The van der Waals surface area contributed by atoms with Gasteiger partial charge in [-0.3, -0.25) is 0 Å². The van der Waals surface area contributed by atoms with Gasteiger partial charge in [-0.05, 0) is 45.4 Å². The van der Waals surface area contributed by atoms with Crippen molar-refractivity contribution in [1.29, 1.82) is 0 Å². The normalized spacial score (nSPS) is 11.7. The highest BCUT2D eigenvalue weighted by Crippen LogP contribution is 2.11. The highest BCUT2D eigenvalue weighted by molar-refractivity contribution is 6.51. The van der Waals surface area contributed by atoms with Crippen LogP contribution in [-0.2, 0) is 9.31 Å². The minimum atomic E-state index is -0.319. The lowest BCUT2D eigenvalue weighted by molar-refractivity contribution is 0.138. The summed E-state index contributed by atoms with van der Waals surface area (Å²) in [7, 11) is -0.319. The Bertz CT molecular complexity index is 364. The van der Waals surface area contributed by atoms with E-state index in [1.807, 2.05) is 64.0 Å². The summed E-state index contributed by atoms with van der Waals surface area (Å²) in [5.74, 6) is 1.92. The quantitative estimate of drug-likeness (QED) is 0.717. The van der Waals surface area contributed by atoms with Crippen LogP contribution in [0.25, 0.3) is 6.08 Å². The van der Waals surface area contributed by atoms with E-state index in [1.165, 1.54) is 0 Å². The summed E-state index contributed by atoms with van der Waals surface area (Å²) in [5.41, 5.74) is 1.07. The van der Waals surface area contributed by atoms with E-state index in [-0.39, 0.29) is 19.3 Å². The summed E-state index contributed by atoms with van der Waals surface area (Å²) in [4.78, 5) is 0. The first-order valence-corrected chi connectivity index (χ1v) is 6.60. The summed E-state index contributed by atoms with van der Waals surface area (Å²) in [6.45, 7) is 7.97. The Morgan fingerprint density at radius 2 is 1.50 bits per heavy atom. The molecule has 0 radical (unpaired) electrons. The topological polar surface area (TPSA) is 18.5 Å². The van der Waals surface area contributed by atoms with Gasteiger partial charge >= 0.3 is 7.12 Å². The molecule has 0 aromatic heterocycles. The van der Waals surface area contributed by atoms with Gasteiger partial charge in [-0.15, -0.1) is 0 Å². The maximum absolute atomic E-state index is 5.84. The molecule has 0 atom stereocenters. The Morgan fingerprint density at radius 1 is 1.00 bits per heavy atom. The molecule has 98 valence electrons. The second kappa shape index (κ2) is 7.62. The van der Waals surface area contributed by atoms with Gasteiger partial charge in [-0.2, -0.15) is 0 Å². The fourth-order valence-corrected chi connectivity index (χ4v) is 1.55. The summed E-state index contributed by atoms with van der Waals surface area (Å²) < 4.78 is 11.3. The summed E-state index contributed by atoms with van der Waals surface area (Å²) >= 11 is 5.84. The van der Waals surface area contributed by atoms with Crippen LogP contribution in [0.15, 0.2) is 30.2 Å². The molecule has 0 spiro atoms. The maximum atomic E-state index is 5.84. The first-order valence-electron chi connectivity index (χ1n) is 6.22. The first-order chi connectivity index (χ1) is 8.47. The Balaban J connectivity index is 2.66. The molecule has 1 rings (SSSR count). The van der Waals surface area contributed by atoms with Crippen molar-refractivity contribution in [2.75, 3.05) is 0 Å². The summed E-state index contributed by atoms with van der Waals surface area (Å²) in [6.07, 6.45) is 2.23. The lowest BCUT2D eigenvalue weighted by atomic mass is 9.87. The zero-order valence-electron chi connectivity index (χ0n) is 11.4. The lowest BCUT2D eigenvalue weighted by Gasteiger charge is -2.16. The molecule has 0 aliphatic carbocycles. The van der Waals surface area contributed by atoms with Gasteiger partial charge in [0.25, 0.3) is 0 Å². The van der Waals surface area contributed by atoms with Gasteiger partial charge in [0.2, 0.25) is 0 Å². The van der Waals surface area contributed by atoms with Gasteiger partial charge in [0, 0.05) is 17.2 Å². The molecule has 0 saturated heterocycles. The Morgan fingerprint density at radius 3 is 1.94 bits per heavy atom. The lowest BCUT2D eigenvalue weighted by Crippen LogP contribution is -2.27. The fourth-order valence-electron chi connectivity index (χ4n) is 1.42. The van der Waals surface area contributed by atoms with E-state index in [4.69, 9.17) is 20.9 Å². The van der Waals surface area contributed by atoms with Crippen molar-refractivity contribution in [3.63, 3.8) is 0 Å². The predicted octanol–water partition coefficient (Wildman–Crippen LogP) is 4.23. The van der Waals surface area contributed by atoms with Crippen LogP contribution in [0.1, 0.15) is 33.3 Å². The van der Waals surface area contributed by atoms with Crippen molar-refractivity contribution < 1.29 is 9.31 Å². The van der Waals surface area contributed by atoms with Crippen LogP contribution in [0, 0.1) is 0 Å². The molecule has 0 fully saturated rings. The van der Waals surface area contributed by atoms with Crippen LogP contribution in [0.4, 0.5) is 0 Å². The van der Waals surface area contributed by atoms with Crippen LogP contribution in [0.3, 0.4) is 0 Å². The number of hydrogen-bond donors (Lipinski definition) is 0.